The van der Waals surface area contributed by atoms with Gasteiger partial charge >= 0.3 is 0 Å². The third-order valence-corrected chi connectivity index (χ3v) is 2.62. The molecule has 0 atom stereocenters. The highest BCUT2D eigenvalue weighted by Crippen LogP contribution is 2.19. The SMILES string of the molecule is CC(C)(C)CNc1ncc(C(N)=O)c(NCC(C)(C)C)n1. The zero-order chi connectivity index (χ0) is 16.3. The predicted molar refractivity (Wildman–Crippen MR) is 86.4 cm³/mol. The van der Waals surface area contributed by atoms with Crippen LogP contribution in [0.5, 0.6) is 0 Å². The Morgan fingerprint density at radius 3 is 2.10 bits per heavy atom. The summed E-state index contributed by atoms with van der Waals surface area (Å²) in [4.78, 5) is 20.0. The van der Waals surface area contributed by atoms with E-state index in [2.05, 4.69) is 62.1 Å². The molecule has 4 N–H and O–H groups in total. The summed E-state index contributed by atoms with van der Waals surface area (Å²) in [7, 11) is 0. The maximum Gasteiger partial charge on any atom is 0.254 e. The molecule has 21 heavy (non-hydrogen) atoms. The number of amides is 1. The molecule has 1 heterocycles. The molecule has 6 nitrogen and oxygen atoms in total. The van der Waals surface area contributed by atoms with Gasteiger partial charge in [-0.3, -0.25) is 4.79 Å². The molecule has 1 aromatic rings. The van der Waals surface area contributed by atoms with Gasteiger partial charge in [0.2, 0.25) is 5.95 Å². The highest BCUT2D eigenvalue weighted by molar-refractivity contribution is 5.97. The van der Waals surface area contributed by atoms with E-state index in [0.717, 1.165) is 6.54 Å². The first-order valence-corrected chi connectivity index (χ1v) is 7.12. The van der Waals surface area contributed by atoms with Gasteiger partial charge in [-0.05, 0) is 10.8 Å². The Kier molecular flexibility index (Phi) is 5.15. The maximum absolute atomic E-state index is 11.5. The minimum absolute atomic E-state index is 0.0683. The number of carbonyl (C=O) groups excluding carboxylic acids is 1. The largest absolute Gasteiger partial charge is 0.369 e. The molecule has 1 aromatic heterocycles. The lowest BCUT2D eigenvalue weighted by atomic mass is 9.97. The first kappa shape index (κ1) is 17.2. The Bertz CT molecular complexity index is 500. The molecule has 0 aromatic carbocycles. The van der Waals surface area contributed by atoms with E-state index in [1.54, 1.807) is 0 Å². The number of primary amides is 1. The van der Waals surface area contributed by atoms with Gasteiger partial charge in [0.15, 0.2) is 0 Å². The van der Waals surface area contributed by atoms with Gasteiger partial charge < -0.3 is 16.4 Å². The van der Waals surface area contributed by atoms with Gasteiger partial charge in [0, 0.05) is 19.3 Å². The molecule has 0 radical (unpaired) electrons. The van der Waals surface area contributed by atoms with E-state index in [4.69, 9.17) is 5.73 Å². The summed E-state index contributed by atoms with van der Waals surface area (Å²) in [5.74, 6) is 0.434. The highest BCUT2D eigenvalue weighted by Gasteiger charge is 2.16. The smallest absolute Gasteiger partial charge is 0.254 e. The van der Waals surface area contributed by atoms with Crippen LogP contribution in [-0.2, 0) is 0 Å². The molecule has 0 aliphatic heterocycles. The van der Waals surface area contributed by atoms with Gasteiger partial charge in [-0.15, -0.1) is 0 Å². The number of carbonyl (C=O) groups is 1. The summed E-state index contributed by atoms with van der Waals surface area (Å²) in [6, 6.07) is 0. The summed E-state index contributed by atoms with van der Waals surface area (Å²) < 4.78 is 0. The van der Waals surface area contributed by atoms with Crippen molar-refractivity contribution < 1.29 is 4.79 Å². The molecular weight excluding hydrogens is 266 g/mol. The standard InChI is InChI=1S/C15H27N5O/c1-14(2,3)8-18-12-10(11(16)21)7-17-13(20-12)19-9-15(4,5)6/h7H,8-9H2,1-6H3,(H2,16,21)(H2,17,18,19,20). The minimum Gasteiger partial charge on any atom is -0.369 e. The number of hydrogen-bond donors (Lipinski definition) is 3. The van der Waals surface area contributed by atoms with E-state index in [9.17, 15) is 4.79 Å². The predicted octanol–water partition coefficient (Wildman–Crippen LogP) is 2.49. The molecular formula is C15H27N5O. The van der Waals surface area contributed by atoms with Crippen molar-refractivity contribution in [2.24, 2.45) is 16.6 Å². The van der Waals surface area contributed by atoms with Crippen LogP contribution in [0.15, 0.2) is 6.20 Å². The normalized spacial score (nSPS) is 12.1. The van der Waals surface area contributed by atoms with Gasteiger partial charge in [-0.1, -0.05) is 41.5 Å². The minimum atomic E-state index is -0.534. The molecule has 0 spiro atoms. The number of nitrogens with zero attached hydrogens (tertiary/aromatic N) is 2. The van der Waals surface area contributed by atoms with Crippen molar-refractivity contribution in [3.63, 3.8) is 0 Å². The van der Waals surface area contributed by atoms with E-state index in [0.29, 0.717) is 23.9 Å². The molecule has 0 aliphatic rings. The van der Waals surface area contributed by atoms with E-state index < -0.39 is 5.91 Å². The third-order valence-electron chi connectivity index (χ3n) is 2.62. The topological polar surface area (TPSA) is 92.9 Å². The Morgan fingerprint density at radius 2 is 1.62 bits per heavy atom. The summed E-state index contributed by atoms with van der Waals surface area (Å²) >= 11 is 0. The molecule has 1 rings (SSSR count). The molecule has 0 aliphatic carbocycles. The molecule has 0 fully saturated rings. The molecule has 0 unspecified atom stereocenters. The van der Waals surface area contributed by atoms with Crippen molar-refractivity contribution in [3.8, 4) is 0 Å². The second-order valence-electron chi connectivity index (χ2n) is 7.65. The van der Waals surface area contributed by atoms with Crippen LogP contribution in [0.2, 0.25) is 0 Å². The number of nitrogens with two attached hydrogens (primary N) is 1. The fourth-order valence-corrected chi connectivity index (χ4v) is 1.48. The number of hydrogen-bond acceptors (Lipinski definition) is 5. The van der Waals surface area contributed by atoms with E-state index in [1.807, 2.05) is 0 Å². The van der Waals surface area contributed by atoms with Crippen LogP contribution in [-0.4, -0.2) is 29.0 Å². The van der Waals surface area contributed by atoms with Crippen molar-refractivity contribution in [3.05, 3.63) is 11.8 Å². The van der Waals surface area contributed by atoms with Gasteiger partial charge in [-0.2, -0.15) is 4.98 Å². The van der Waals surface area contributed by atoms with Gasteiger partial charge in [0.05, 0.1) is 5.56 Å². The first-order valence-electron chi connectivity index (χ1n) is 7.12. The summed E-state index contributed by atoms with van der Waals surface area (Å²) in [5, 5.41) is 6.35. The Balaban J connectivity index is 2.93. The lowest BCUT2D eigenvalue weighted by Crippen LogP contribution is -2.24. The van der Waals surface area contributed by atoms with Crippen LogP contribution in [0, 0.1) is 10.8 Å². The van der Waals surface area contributed by atoms with Crippen LogP contribution in [0.1, 0.15) is 51.9 Å². The second-order valence-corrected chi connectivity index (χ2v) is 7.65. The lowest BCUT2D eigenvalue weighted by molar-refractivity contribution is 0.100. The number of aromatic nitrogens is 2. The van der Waals surface area contributed by atoms with Crippen LogP contribution in [0.25, 0.3) is 0 Å². The van der Waals surface area contributed by atoms with Crippen LogP contribution in [0.4, 0.5) is 11.8 Å². The lowest BCUT2D eigenvalue weighted by Gasteiger charge is -2.21. The fraction of sp³-hybridized carbons (Fsp3) is 0.667. The van der Waals surface area contributed by atoms with Crippen LogP contribution < -0.4 is 16.4 Å². The maximum atomic E-state index is 11.5. The zero-order valence-corrected chi connectivity index (χ0v) is 13.9. The van der Waals surface area contributed by atoms with Gasteiger partial charge in [0.1, 0.15) is 5.82 Å². The highest BCUT2D eigenvalue weighted by atomic mass is 16.1. The second kappa shape index (κ2) is 6.28. The monoisotopic (exact) mass is 293 g/mol. The van der Waals surface area contributed by atoms with E-state index >= 15 is 0 Å². The Labute approximate surface area is 126 Å². The molecule has 0 bridgehead atoms. The number of anilines is 2. The third kappa shape index (κ3) is 6.42. The van der Waals surface area contributed by atoms with Gasteiger partial charge in [-0.25, -0.2) is 4.98 Å². The molecule has 118 valence electrons. The Morgan fingerprint density at radius 1 is 1.10 bits per heavy atom. The van der Waals surface area contributed by atoms with Crippen LogP contribution >= 0.6 is 0 Å². The summed E-state index contributed by atoms with van der Waals surface area (Å²) in [5.41, 5.74) is 5.86. The molecule has 0 saturated heterocycles. The molecule has 1 amide bonds. The van der Waals surface area contributed by atoms with E-state index in [1.165, 1.54) is 6.20 Å². The average molecular weight is 293 g/mol. The van der Waals surface area contributed by atoms with Gasteiger partial charge in [0.25, 0.3) is 5.91 Å². The van der Waals surface area contributed by atoms with Crippen molar-refractivity contribution >= 4 is 17.7 Å². The number of nitrogens with one attached hydrogen (secondary N) is 2. The number of rotatable bonds is 5. The van der Waals surface area contributed by atoms with Crippen LogP contribution in [0.3, 0.4) is 0 Å². The van der Waals surface area contributed by atoms with Crippen molar-refractivity contribution in [2.45, 2.75) is 41.5 Å². The molecule has 6 heteroatoms. The van der Waals surface area contributed by atoms with Crippen molar-refractivity contribution in [1.29, 1.82) is 0 Å². The van der Waals surface area contributed by atoms with Crippen molar-refractivity contribution in [1.82, 2.24) is 9.97 Å². The average Bonchev–Trinajstić information content (AvgIpc) is 2.32. The zero-order valence-electron chi connectivity index (χ0n) is 13.9. The van der Waals surface area contributed by atoms with Crippen molar-refractivity contribution in [2.75, 3.05) is 23.7 Å². The Hall–Kier alpha value is -1.85. The fourth-order valence-electron chi connectivity index (χ4n) is 1.48. The van der Waals surface area contributed by atoms with E-state index in [-0.39, 0.29) is 10.8 Å². The summed E-state index contributed by atoms with van der Waals surface area (Å²) in [6.07, 6.45) is 1.46. The first-order chi connectivity index (χ1) is 9.48. The quantitative estimate of drug-likeness (QED) is 0.775. The molecule has 0 saturated carbocycles. The summed E-state index contributed by atoms with van der Waals surface area (Å²) in [6.45, 7) is 14.1.